The molecule has 152 valence electrons. The number of amides is 2. The highest BCUT2D eigenvalue weighted by Gasteiger charge is 2.25. The Bertz CT molecular complexity index is 872. The van der Waals surface area contributed by atoms with Crippen LogP contribution in [0.25, 0.3) is 0 Å². The third kappa shape index (κ3) is 5.39. The van der Waals surface area contributed by atoms with Gasteiger partial charge in [-0.05, 0) is 18.1 Å². The largest absolute Gasteiger partial charge is 0.370 e. The van der Waals surface area contributed by atoms with Gasteiger partial charge in [0.1, 0.15) is 11.7 Å². The van der Waals surface area contributed by atoms with Gasteiger partial charge in [-0.25, -0.2) is 0 Å². The smallest absolute Gasteiger partial charge is 0.282 e. The molecule has 0 spiro atoms. The molecule has 0 aromatic heterocycles. The van der Waals surface area contributed by atoms with Gasteiger partial charge < -0.3 is 15.0 Å². The van der Waals surface area contributed by atoms with Crippen LogP contribution in [0.5, 0.6) is 0 Å². The van der Waals surface area contributed by atoms with Gasteiger partial charge in [0.25, 0.3) is 11.6 Å². The highest BCUT2D eigenvalue weighted by atomic mass is 16.6. The molecular formula is C21H23N3O5. The molecule has 1 fully saturated rings. The van der Waals surface area contributed by atoms with Gasteiger partial charge in [0.2, 0.25) is 5.91 Å². The van der Waals surface area contributed by atoms with E-state index in [0.29, 0.717) is 32.5 Å². The van der Waals surface area contributed by atoms with Crippen LogP contribution in [0.1, 0.15) is 34.9 Å². The molecule has 1 atom stereocenters. The standard InChI is InChI=1S/C21H23N3O5/c25-20(23-13-14-29-19(15-23)16-7-2-1-3-8-16)11-6-12-22-21(26)17-9-4-5-10-18(17)24(27)28/h1-5,7-10,19H,6,11-15H2,(H,22,26). The van der Waals surface area contributed by atoms with Crippen LogP contribution in [0.15, 0.2) is 54.6 Å². The van der Waals surface area contributed by atoms with E-state index in [2.05, 4.69) is 5.32 Å². The molecule has 1 heterocycles. The van der Waals surface area contributed by atoms with Gasteiger partial charge in [0.05, 0.1) is 18.1 Å². The van der Waals surface area contributed by atoms with Crippen molar-refractivity contribution in [2.45, 2.75) is 18.9 Å². The Morgan fingerprint density at radius 2 is 1.86 bits per heavy atom. The number of hydrogen-bond acceptors (Lipinski definition) is 5. The summed E-state index contributed by atoms with van der Waals surface area (Å²) in [5.41, 5.74) is 0.825. The molecule has 1 N–H and O–H groups in total. The number of nitro benzene ring substituents is 1. The number of nitrogens with zero attached hydrogens (tertiary/aromatic N) is 2. The van der Waals surface area contributed by atoms with Crippen LogP contribution in [0, 0.1) is 10.1 Å². The Morgan fingerprint density at radius 3 is 2.62 bits per heavy atom. The predicted molar refractivity (Wildman–Crippen MR) is 106 cm³/mol. The lowest BCUT2D eigenvalue weighted by Gasteiger charge is -2.33. The van der Waals surface area contributed by atoms with Crippen molar-refractivity contribution in [2.75, 3.05) is 26.2 Å². The molecule has 1 saturated heterocycles. The number of hydrogen-bond donors (Lipinski definition) is 1. The normalized spacial score (nSPS) is 16.3. The molecule has 1 unspecified atom stereocenters. The summed E-state index contributed by atoms with van der Waals surface area (Å²) >= 11 is 0. The lowest BCUT2D eigenvalue weighted by atomic mass is 10.1. The molecule has 2 aromatic carbocycles. The van der Waals surface area contributed by atoms with Gasteiger partial charge in [-0.3, -0.25) is 19.7 Å². The Morgan fingerprint density at radius 1 is 1.14 bits per heavy atom. The second-order valence-electron chi connectivity index (χ2n) is 6.74. The summed E-state index contributed by atoms with van der Waals surface area (Å²) in [5, 5.41) is 13.7. The van der Waals surface area contributed by atoms with Crippen molar-refractivity contribution >= 4 is 17.5 Å². The summed E-state index contributed by atoms with van der Waals surface area (Å²) in [6.45, 7) is 1.80. The number of para-hydroxylation sites is 1. The molecule has 0 radical (unpaired) electrons. The van der Waals surface area contributed by atoms with Gasteiger partial charge in [-0.2, -0.15) is 0 Å². The fourth-order valence-corrected chi connectivity index (χ4v) is 3.26. The number of nitro groups is 1. The Kier molecular flexibility index (Phi) is 6.91. The van der Waals surface area contributed by atoms with E-state index in [-0.39, 0.29) is 29.8 Å². The Labute approximate surface area is 168 Å². The lowest BCUT2D eigenvalue weighted by Crippen LogP contribution is -2.42. The van der Waals surface area contributed by atoms with Gasteiger partial charge in [0, 0.05) is 25.6 Å². The first-order valence-electron chi connectivity index (χ1n) is 9.52. The molecule has 29 heavy (non-hydrogen) atoms. The molecule has 0 aliphatic carbocycles. The van der Waals surface area contributed by atoms with Crippen LogP contribution in [-0.4, -0.2) is 47.9 Å². The van der Waals surface area contributed by atoms with Crippen LogP contribution in [0.3, 0.4) is 0 Å². The van der Waals surface area contributed by atoms with Crippen molar-refractivity contribution in [3.05, 3.63) is 75.8 Å². The average molecular weight is 397 g/mol. The third-order valence-electron chi connectivity index (χ3n) is 4.79. The summed E-state index contributed by atoms with van der Waals surface area (Å²) in [5.74, 6) is -0.505. The minimum absolute atomic E-state index is 0.00849. The van der Waals surface area contributed by atoms with E-state index in [9.17, 15) is 19.7 Å². The number of morpholine rings is 1. The fourth-order valence-electron chi connectivity index (χ4n) is 3.26. The predicted octanol–water partition coefficient (Wildman–Crippen LogP) is 2.70. The second kappa shape index (κ2) is 9.79. The minimum atomic E-state index is -0.583. The molecule has 2 amide bonds. The summed E-state index contributed by atoms with van der Waals surface area (Å²) in [6.07, 6.45) is 0.615. The third-order valence-corrected chi connectivity index (χ3v) is 4.79. The van der Waals surface area contributed by atoms with Gasteiger partial charge in [-0.15, -0.1) is 0 Å². The number of carbonyl (C=O) groups is 2. The highest BCUT2D eigenvalue weighted by Crippen LogP contribution is 2.22. The Hall–Kier alpha value is -3.26. The first-order valence-corrected chi connectivity index (χ1v) is 9.52. The van der Waals surface area contributed by atoms with E-state index < -0.39 is 10.8 Å². The first kappa shape index (κ1) is 20.5. The van der Waals surface area contributed by atoms with Crippen LogP contribution in [0.2, 0.25) is 0 Å². The molecule has 0 saturated carbocycles. The molecule has 1 aliphatic heterocycles. The Balaban J connectivity index is 1.45. The number of ether oxygens (including phenoxy) is 1. The van der Waals surface area contributed by atoms with Crippen molar-refractivity contribution in [2.24, 2.45) is 0 Å². The minimum Gasteiger partial charge on any atom is -0.370 e. The quantitative estimate of drug-likeness (QED) is 0.440. The van der Waals surface area contributed by atoms with Crippen LogP contribution in [0.4, 0.5) is 5.69 Å². The first-order chi connectivity index (χ1) is 14.1. The SMILES string of the molecule is O=C(NCCCC(=O)N1CCOC(c2ccccc2)C1)c1ccccc1[N+](=O)[O-]. The number of rotatable bonds is 7. The molecule has 8 heteroatoms. The van der Waals surface area contributed by atoms with E-state index >= 15 is 0 Å². The zero-order valence-electron chi connectivity index (χ0n) is 16.0. The van der Waals surface area contributed by atoms with Crippen molar-refractivity contribution in [1.29, 1.82) is 0 Å². The van der Waals surface area contributed by atoms with Gasteiger partial charge >= 0.3 is 0 Å². The van der Waals surface area contributed by atoms with E-state index in [1.54, 1.807) is 11.0 Å². The summed E-state index contributed by atoms with van der Waals surface area (Å²) < 4.78 is 5.78. The molecule has 8 nitrogen and oxygen atoms in total. The van der Waals surface area contributed by atoms with Gasteiger partial charge in [-0.1, -0.05) is 42.5 Å². The monoisotopic (exact) mass is 397 g/mol. The molecule has 1 aliphatic rings. The zero-order valence-corrected chi connectivity index (χ0v) is 16.0. The molecular weight excluding hydrogens is 374 g/mol. The summed E-state index contributed by atoms with van der Waals surface area (Å²) in [6, 6.07) is 15.6. The van der Waals surface area contributed by atoms with Crippen molar-refractivity contribution in [1.82, 2.24) is 10.2 Å². The van der Waals surface area contributed by atoms with E-state index in [0.717, 1.165) is 5.56 Å². The summed E-state index contributed by atoms with van der Waals surface area (Å²) in [4.78, 5) is 36.9. The molecule has 3 rings (SSSR count). The van der Waals surface area contributed by atoms with Crippen molar-refractivity contribution < 1.29 is 19.2 Å². The number of carbonyl (C=O) groups excluding carboxylic acids is 2. The number of nitrogens with one attached hydrogen (secondary N) is 1. The maximum Gasteiger partial charge on any atom is 0.282 e. The van der Waals surface area contributed by atoms with E-state index in [4.69, 9.17) is 4.74 Å². The van der Waals surface area contributed by atoms with Crippen LogP contribution in [-0.2, 0) is 9.53 Å². The van der Waals surface area contributed by atoms with E-state index in [1.807, 2.05) is 30.3 Å². The second-order valence-corrected chi connectivity index (χ2v) is 6.74. The molecule has 2 aromatic rings. The topological polar surface area (TPSA) is 102 Å². The maximum atomic E-state index is 12.5. The van der Waals surface area contributed by atoms with Crippen molar-refractivity contribution in [3.63, 3.8) is 0 Å². The maximum absolute atomic E-state index is 12.5. The fraction of sp³-hybridized carbons (Fsp3) is 0.333. The van der Waals surface area contributed by atoms with E-state index in [1.165, 1.54) is 18.2 Å². The molecule has 0 bridgehead atoms. The van der Waals surface area contributed by atoms with Crippen LogP contribution < -0.4 is 5.32 Å². The van der Waals surface area contributed by atoms with Crippen molar-refractivity contribution in [3.8, 4) is 0 Å². The van der Waals surface area contributed by atoms with Gasteiger partial charge in [0.15, 0.2) is 0 Å². The number of benzene rings is 2. The highest BCUT2D eigenvalue weighted by molar-refractivity contribution is 5.98. The average Bonchev–Trinajstić information content (AvgIpc) is 2.77. The summed E-state index contributed by atoms with van der Waals surface area (Å²) in [7, 11) is 0. The van der Waals surface area contributed by atoms with Crippen LogP contribution >= 0.6 is 0 Å². The lowest BCUT2D eigenvalue weighted by molar-refractivity contribution is -0.385. The zero-order chi connectivity index (χ0) is 20.6.